The first-order valence-electron chi connectivity index (χ1n) is 7.35. The third kappa shape index (κ3) is 3.03. The van der Waals surface area contributed by atoms with Crippen molar-refractivity contribution in [3.8, 4) is 0 Å². The maximum atomic E-state index is 6.46. The molecule has 2 aliphatic rings. The molecule has 2 rings (SSSR count). The number of ether oxygens (including phenoxy) is 1. The standard InChI is InChI=1S/C15H29NO/c1-11-7-12(2)9-13(8-11)14(16)10-15(17-3)5-4-6-15/h11-14H,4-10,16H2,1-3H3. The van der Waals surface area contributed by atoms with Crippen LogP contribution in [0.15, 0.2) is 0 Å². The molecule has 2 heteroatoms. The topological polar surface area (TPSA) is 35.2 Å². The predicted octanol–water partition coefficient (Wildman–Crippen LogP) is 3.35. The molecule has 0 aliphatic heterocycles. The lowest BCUT2D eigenvalue weighted by molar-refractivity contribution is -0.0861. The van der Waals surface area contributed by atoms with E-state index in [-0.39, 0.29) is 5.60 Å². The van der Waals surface area contributed by atoms with Crippen LogP contribution < -0.4 is 5.73 Å². The molecule has 0 heterocycles. The van der Waals surface area contributed by atoms with E-state index in [0.717, 1.165) is 24.2 Å². The van der Waals surface area contributed by atoms with Gasteiger partial charge in [-0.3, -0.25) is 0 Å². The van der Waals surface area contributed by atoms with Gasteiger partial charge in [0.1, 0.15) is 0 Å². The van der Waals surface area contributed by atoms with E-state index < -0.39 is 0 Å². The van der Waals surface area contributed by atoms with Crippen LogP contribution >= 0.6 is 0 Å². The van der Waals surface area contributed by atoms with Crippen molar-refractivity contribution in [1.29, 1.82) is 0 Å². The van der Waals surface area contributed by atoms with Gasteiger partial charge in [0.05, 0.1) is 5.60 Å². The molecule has 0 spiro atoms. The molecule has 0 amide bonds. The fraction of sp³-hybridized carbons (Fsp3) is 1.00. The molecule has 2 N–H and O–H groups in total. The Kier molecular flexibility index (Phi) is 4.14. The highest BCUT2D eigenvalue weighted by Crippen LogP contribution is 2.42. The van der Waals surface area contributed by atoms with Crippen molar-refractivity contribution >= 4 is 0 Å². The molecule has 0 bridgehead atoms. The van der Waals surface area contributed by atoms with Gasteiger partial charge in [-0.1, -0.05) is 13.8 Å². The fourth-order valence-corrected chi connectivity index (χ4v) is 4.02. The van der Waals surface area contributed by atoms with E-state index in [4.69, 9.17) is 10.5 Å². The Bertz CT molecular complexity index is 234. The van der Waals surface area contributed by atoms with Gasteiger partial charge >= 0.3 is 0 Å². The molecule has 3 unspecified atom stereocenters. The van der Waals surface area contributed by atoms with Crippen LogP contribution in [0.4, 0.5) is 0 Å². The van der Waals surface area contributed by atoms with Gasteiger partial charge in [-0.25, -0.2) is 0 Å². The second-order valence-electron chi connectivity index (χ2n) is 6.79. The van der Waals surface area contributed by atoms with Crippen molar-refractivity contribution < 1.29 is 4.74 Å². The Morgan fingerprint density at radius 3 is 2.18 bits per heavy atom. The molecule has 0 aromatic carbocycles. The maximum absolute atomic E-state index is 6.46. The van der Waals surface area contributed by atoms with Gasteiger partial charge in [-0.05, 0) is 62.7 Å². The minimum Gasteiger partial charge on any atom is -0.378 e. The molecule has 0 saturated heterocycles. The highest BCUT2D eigenvalue weighted by Gasteiger charge is 2.40. The predicted molar refractivity (Wildman–Crippen MR) is 71.9 cm³/mol. The van der Waals surface area contributed by atoms with Gasteiger partial charge in [0.15, 0.2) is 0 Å². The molecular formula is C15H29NO. The first-order chi connectivity index (χ1) is 8.04. The minimum absolute atomic E-state index is 0.142. The summed E-state index contributed by atoms with van der Waals surface area (Å²) < 4.78 is 5.71. The molecule has 3 atom stereocenters. The van der Waals surface area contributed by atoms with Gasteiger partial charge in [0.25, 0.3) is 0 Å². The van der Waals surface area contributed by atoms with Crippen LogP contribution in [-0.4, -0.2) is 18.8 Å². The van der Waals surface area contributed by atoms with E-state index in [1.165, 1.54) is 38.5 Å². The molecular weight excluding hydrogens is 210 g/mol. The maximum Gasteiger partial charge on any atom is 0.0693 e. The van der Waals surface area contributed by atoms with E-state index in [1.807, 2.05) is 7.11 Å². The van der Waals surface area contributed by atoms with E-state index in [9.17, 15) is 0 Å². The highest BCUT2D eigenvalue weighted by atomic mass is 16.5. The Morgan fingerprint density at radius 2 is 1.76 bits per heavy atom. The number of hydrogen-bond donors (Lipinski definition) is 1. The van der Waals surface area contributed by atoms with Crippen LogP contribution in [0.25, 0.3) is 0 Å². The second kappa shape index (κ2) is 5.27. The molecule has 2 nitrogen and oxygen atoms in total. The monoisotopic (exact) mass is 239 g/mol. The van der Waals surface area contributed by atoms with Crippen molar-refractivity contribution in [3.05, 3.63) is 0 Å². The Morgan fingerprint density at radius 1 is 1.18 bits per heavy atom. The molecule has 0 aromatic heterocycles. The third-order valence-corrected chi connectivity index (χ3v) is 5.13. The Balaban J connectivity index is 1.88. The smallest absolute Gasteiger partial charge is 0.0693 e. The van der Waals surface area contributed by atoms with Crippen LogP contribution in [0.5, 0.6) is 0 Å². The van der Waals surface area contributed by atoms with Gasteiger partial charge in [-0.2, -0.15) is 0 Å². The van der Waals surface area contributed by atoms with E-state index >= 15 is 0 Å². The van der Waals surface area contributed by atoms with E-state index in [2.05, 4.69) is 13.8 Å². The minimum atomic E-state index is 0.142. The van der Waals surface area contributed by atoms with E-state index in [0.29, 0.717) is 6.04 Å². The van der Waals surface area contributed by atoms with Gasteiger partial charge in [-0.15, -0.1) is 0 Å². The summed E-state index contributed by atoms with van der Waals surface area (Å²) in [6.07, 6.45) is 8.87. The largest absolute Gasteiger partial charge is 0.378 e. The van der Waals surface area contributed by atoms with Crippen molar-refractivity contribution in [3.63, 3.8) is 0 Å². The van der Waals surface area contributed by atoms with Crippen molar-refractivity contribution in [2.75, 3.05) is 7.11 Å². The summed E-state index contributed by atoms with van der Waals surface area (Å²) in [7, 11) is 1.86. The summed E-state index contributed by atoms with van der Waals surface area (Å²) in [4.78, 5) is 0. The van der Waals surface area contributed by atoms with Crippen LogP contribution in [0, 0.1) is 17.8 Å². The summed E-state index contributed by atoms with van der Waals surface area (Å²) in [6.45, 7) is 4.76. The summed E-state index contributed by atoms with van der Waals surface area (Å²) >= 11 is 0. The van der Waals surface area contributed by atoms with Crippen LogP contribution in [-0.2, 0) is 4.74 Å². The summed E-state index contributed by atoms with van der Waals surface area (Å²) in [6, 6.07) is 0.348. The van der Waals surface area contributed by atoms with Crippen LogP contribution in [0.3, 0.4) is 0 Å². The number of nitrogens with two attached hydrogens (primary N) is 1. The summed E-state index contributed by atoms with van der Waals surface area (Å²) in [5.41, 5.74) is 6.61. The van der Waals surface area contributed by atoms with Gasteiger partial charge in [0.2, 0.25) is 0 Å². The van der Waals surface area contributed by atoms with Crippen LogP contribution in [0.2, 0.25) is 0 Å². The quantitative estimate of drug-likeness (QED) is 0.816. The highest BCUT2D eigenvalue weighted by molar-refractivity contribution is 4.95. The molecule has 100 valence electrons. The second-order valence-corrected chi connectivity index (χ2v) is 6.79. The van der Waals surface area contributed by atoms with E-state index in [1.54, 1.807) is 0 Å². The lowest BCUT2D eigenvalue weighted by Gasteiger charge is -2.45. The Labute approximate surface area is 106 Å². The zero-order chi connectivity index (χ0) is 12.5. The van der Waals surface area contributed by atoms with Crippen molar-refractivity contribution in [2.45, 2.75) is 70.4 Å². The molecule has 0 aromatic rings. The number of hydrogen-bond acceptors (Lipinski definition) is 2. The van der Waals surface area contributed by atoms with Gasteiger partial charge in [0, 0.05) is 13.2 Å². The normalized spacial score (nSPS) is 38.5. The Hall–Kier alpha value is -0.0800. The number of methoxy groups -OCH3 is 1. The molecule has 17 heavy (non-hydrogen) atoms. The summed E-state index contributed by atoms with van der Waals surface area (Å²) in [5.74, 6) is 2.44. The summed E-state index contributed by atoms with van der Waals surface area (Å²) in [5, 5.41) is 0. The first-order valence-corrected chi connectivity index (χ1v) is 7.35. The molecule has 0 radical (unpaired) electrons. The molecule has 2 saturated carbocycles. The van der Waals surface area contributed by atoms with Crippen LogP contribution in [0.1, 0.15) is 58.8 Å². The van der Waals surface area contributed by atoms with Crippen molar-refractivity contribution in [2.24, 2.45) is 23.5 Å². The zero-order valence-corrected chi connectivity index (χ0v) is 11.7. The SMILES string of the molecule is COC1(CC(N)C2CC(C)CC(C)C2)CCC1. The average Bonchev–Trinajstić information content (AvgIpc) is 2.21. The molecule has 2 aliphatic carbocycles. The third-order valence-electron chi connectivity index (χ3n) is 5.13. The fourth-order valence-electron chi connectivity index (χ4n) is 4.02. The van der Waals surface area contributed by atoms with Crippen molar-refractivity contribution in [1.82, 2.24) is 0 Å². The average molecular weight is 239 g/mol. The van der Waals surface area contributed by atoms with Gasteiger partial charge < -0.3 is 10.5 Å². The lowest BCUT2D eigenvalue weighted by atomic mass is 9.69. The lowest BCUT2D eigenvalue weighted by Crippen LogP contribution is -2.47. The first kappa shape index (κ1) is 13.4. The number of rotatable bonds is 4. The molecule has 2 fully saturated rings. The zero-order valence-electron chi connectivity index (χ0n) is 11.7.